The van der Waals surface area contributed by atoms with Crippen molar-refractivity contribution in [3.8, 4) is 0 Å². The van der Waals surface area contributed by atoms with Crippen molar-refractivity contribution in [3.63, 3.8) is 0 Å². The molecule has 0 amide bonds. The van der Waals surface area contributed by atoms with Gasteiger partial charge < -0.3 is 5.11 Å². The summed E-state index contributed by atoms with van der Waals surface area (Å²) in [6, 6.07) is 10.7. The normalized spacial score (nSPS) is 12.7. The highest BCUT2D eigenvalue weighted by atomic mass is 35.5. The van der Waals surface area contributed by atoms with Crippen molar-refractivity contribution < 1.29 is 18.3 Å². The smallest absolute Gasteiger partial charge is 0.261 e. The number of hydrogen-bond acceptors (Lipinski definition) is 4. The molecule has 0 aliphatic carbocycles. The second-order valence-corrected chi connectivity index (χ2v) is 9.67. The number of benzene rings is 2. The van der Waals surface area contributed by atoms with E-state index < -0.39 is 21.2 Å². The molecule has 2 aromatic carbocycles. The molecule has 0 fully saturated rings. The van der Waals surface area contributed by atoms with Crippen LogP contribution in [0.1, 0.15) is 36.7 Å². The fourth-order valence-electron chi connectivity index (χ4n) is 2.84. The number of hydrogen-bond donors (Lipinski definition) is 2. The van der Waals surface area contributed by atoms with Gasteiger partial charge in [-0.3, -0.25) is 9.52 Å². The summed E-state index contributed by atoms with van der Waals surface area (Å²) < 4.78 is 28.4. The van der Waals surface area contributed by atoms with E-state index in [9.17, 15) is 18.3 Å². The van der Waals surface area contributed by atoms with E-state index in [1.165, 1.54) is 36.4 Å². The molecule has 0 atom stereocenters. The molecule has 0 bridgehead atoms. The van der Waals surface area contributed by atoms with Crippen LogP contribution in [0.15, 0.2) is 83.8 Å². The summed E-state index contributed by atoms with van der Waals surface area (Å²) in [6.07, 6.45) is 6.35. The van der Waals surface area contributed by atoms with Crippen LogP contribution >= 0.6 is 11.6 Å². The molecule has 2 rings (SSSR count). The molecule has 0 saturated carbocycles. The standard InChI is InChI=1S/C24H26ClNO4S/c1-5-7-17(8-6-2)23(28)21-15-19(25)11-14-22(21)26-31(29,30)20-12-9-18(10-13-20)24(3,4)16-27/h5-15,26-27H,1,16H2,2-4H3/b8-6-,17-7+. The Hall–Kier alpha value is -2.67. The van der Waals surface area contributed by atoms with E-state index in [4.69, 9.17) is 11.6 Å². The van der Waals surface area contributed by atoms with E-state index in [0.29, 0.717) is 10.6 Å². The summed E-state index contributed by atoms with van der Waals surface area (Å²) >= 11 is 6.07. The average molecular weight is 460 g/mol. The average Bonchev–Trinajstić information content (AvgIpc) is 2.74. The number of carbonyl (C=O) groups excluding carboxylic acids is 1. The van der Waals surface area contributed by atoms with Gasteiger partial charge >= 0.3 is 0 Å². The third-order valence-corrected chi connectivity index (χ3v) is 6.33. The minimum atomic E-state index is -3.97. The van der Waals surface area contributed by atoms with Crippen molar-refractivity contribution in [3.05, 3.63) is 95.1 Å². The lowest BCUT2D eigenvalue weighted by Gasteiger charge is -2.22. The Morgan fingerprint density at radius 1 is 1.19 bits per heavy atom. The predicted molar refractivity (Wildman–Crippen MR) is 126 cm³/mol. The quantitative estimate of drug-likeness (QED) is 0.303. The first-order valence-electron chi connectivity index (χ1n) is 9.59. The lowest BCUT2D eigenvalue weighted by Crippen LogP contribution is -2.22. The van der Waals surface area contributed by atoms with Crippen LogP contribution in [0.4, 0.5) is 5.69 Å². The maximum absolute atomic E-state index is 13.0. The first-order valence-corrected chi connectivity index (χ1v) is 11.5. The number of anilines is 1. The zero-order valence-corrected chi connectivity index (χ0v) is 19.3. The van der Waals surface area contributed by atoms with Gasteiger partial charge in [-0.25, -0.2) is 8.42 Å². The second kappa shape index (κ2) is 10.1. The number of Topliss-reactive ketones (excluding diaryl/α,β-unsaturated/α-hetero) is 1. The third kappa shape index (κ3) is 5.94. The van der Waals surface area contributed by atoms with Crippen molar-refractivity contribution in [2.75, 3.05) is 11.3 Å². The number of nitrogens with one attached hydrogen (secondary N) is 1. The number of allylic oxidation sites excluding steroid dienone is 5. The molecule has 5 nitrogen and oxygen atoms in total. The number of aliphatic hydroxyl groups excluding tert-OH is 1. The third-order valence-electron chi connectivity index (χ3n) is 4.72. The highest BCUT2D eigenvalue weighted by molar-refractivity contribution is 7.92. The summed E-state index contributed by atoms with van der Waals surface area (Å²) in [4.78, 5) is 13.1. The molecule has 2 N–H and O–H groups in total. The van der Waals surface area contributed by atoms with Crippen LogP contribution in [-0.2, 0) is 15.4 Å². The number of aliphatic hydroxyl groups is 1. The molecule has 0 aliphatic rings. The SMILES string of the molecule is C=C/C=C(\C=C/C)C(=O)c1cc(Cl)ccc1NS(=O)(=O)c1ccc(C(C)(C)CO)cc1. The van der Waals surface area contributed by atoms with E-state index in [1.54, 1.807) is 37.3 Å². The topological polar surface area (TPSA) is 83.5 Å². The van der Waals surface area contributed by atoms with Crippen LogP contribution in [-0.4, -0.2) is 25.9 Å². The first-order chi connectivity index (χ1) is 14.6. The zero-order chi connectivity index (χ0) is 23.2. The van der Waals surface area contributed by atoms with Gasteiger partial charge in [0.25, 0.3) is 10.0 Å². The summed E-state index contributed by atoms with van der Waals surface area (Å²) in [6.45, 7) is 9.04. The number of halogens is 1. The lowest BCUT2D eigenvalue weighted by atomic mass is 9.86. The highest BCUT2D eigenvalue weighted by Crippen LogP contribution is 2.28. The number of sulfonamides is 1. The maximum atomic E-state index is 13.0. The Labute approximate surface area is 188 Å². The van der Waals surface area contributed by atoms with Crippen molar-refractivity contribution in [1.82, 2.24) is 0 Å². The lowest BCUT2D eigenvalue weighted by molar-refractivity contribution is 0.103. The minimum Gasteiger partial charge on any atom is -0.395 e. The number of carbonyl (C=O) groups is 1. The van der Waals surface area contributed by atoms with Crippen molar-refractivity contribution in [2.45, 2.75) is 31.1 Å². The van der Waals surface area contributed by atoms with E-state index in [2.05, 4.69) is 11.3 Å². The van der Waals surface area contributed by atoms with Gasteiger partial charge in [0.15, 0.2) is 5.78 Å². The number of rotatable bonds is 9. The van der Waals surface area contributed by atoms with E-state index in [0.717, 1.165) is 5.56 Å². The highest BCUT2D eigenvalue weighted by Gasteiger charge is 2.23. The summed E-state index contributed by atoms with van der Waals surface area (Å²) in [5, 5.41) is 9.81. The Morgan fingerprint density at radius 2 is 1.84 bits per heavy atom. The molecule has 0 aromatic heterocycles. The maximum Gasteiger partial charge on any atom is 0.261 e. The van der Waals surface area contributed by atoms with E-state index in [1.807, 2.05) is 13.8 Å². The van der Waals surface area contributed by atoms with Gasteiger partial charge in [-0.1, -0.05) is 68.5 Å². The van der Waals surface area contributed by atoms with E-state index >= 15 is 0 Å². The molecule has 31 heavy (non-hydrogen) atoms. The van der Waals surface area contributed by atoms with Crippen molar-refractivity contribution in [2.24, 2.45) is 0 Å². The van der Waals surface area contributed by atoms with Crippen molar-refractivity contribution in [1.29, 1.82) is 0 Å². The van der Waals surface area contributed by atoms with Gasteiger partial charge in [0, 0.05) is 21.6 Å². The number of ketones is 1. The Balaban J connectivity index is 2.45. The first kappa shape index (κ1) is 24.6. The second-order valence-electron chi connectivity index (χ2n) is 7.55. The molecule has 0 aliphatic heterocycles. The molecule has 0 heterocycles. The molecule has 0 unspecified atom stereocenters. The van der Waals surface area contributed by atoms with Crippen LogP contribution in [0, 0.1) is 0 Å². The van der Waals surface area contributed by atoms with Gasteiger partial charge in [-0.05, 0) is 42.8 Å². The Bertz CT molecular complexity index is 1130. The molecule has 0 radical (unpaired) electrons. The minimum absolute atomic E-state index is 0.0358. The fraction of sp³-hybridized carbons (Fsp3) is 0.208. The largest absolute Gasteiger partial charge is 0.395 e. The fourth-order valence-corrected chi connectivity index (χ4v) is 4.09. The van der Waals surface area contributed by atoms with Crippen molar-refractivity contribution >= 4 is 33.1 Å². The van der Waals surface area contributed by atoms with Crippen LogP contribution in [0.5, 0.6) is 0 Å². The zero-order valence-electron chi connectivity index (χ0n) is 17.7. The summed E-state index contributed by atoms with van der Waals surface area (Å²) in [7, 11) is -3.97. The van der Waals surface area contributed by atoms with Gasteiger partial charge in [0.2, 0.25) is 0 Å². The van der Waals surface area contributed by atoms with Gasteiger partial charge in [-0.2, -0.15) is 0 Å². The molecular weight excluding hydrogens is 434 g/mol. The predicted octanol–water partition coefficient (Wildman–Crippen LogP) is 5.28. The summed E-state index contributed by atoms with van der Waals surface area (Å²) in [5.41, 5.74) is 0.901. The Morgan fingerprint density at radius 3 is 2.39 bits per heavy atom. The molecule has 2 aromatic rings. The van der Waals surface area contributed by atoms with Crippen LogP contribution < -0.4 is 4.72 Å². The van der Waals surface area contributed by atoms with Gasteiger partial charge in [0.1, 0.15) is 0 Å². The molecule has 7 heteroatoms. The van der Waals surface area contributed by atoms with Gasteiger partial charge in [-0.15, -0.1) is 0 Å². The van der Waals surface area contributed by atoms with E-state index in [-0.39, 0.29) is 22.8 Å². The van der Waals surface area contributed by atoms with Crippen LogP contribution in [0.25, 0.3) is 0 Å². The monoisotopic (exact) mass is 459 g/mol. The summed E-state index contributed by atoms with van der Waals surface area (Å²) in [5.74, 6) is -0.391. The van der Waals surface area contributed by atoms with Crippen LogP contribution in [0.3, 0.4) is 0 Å². The van der Waals surface area contributed by atoms with Gasteiger partial charge in [0.05, 0.1) is 17.2 Å². The molecule has 164 valence electrons. The molecular formula is C24H26ClNO4S. The molecule has 0 saturated heterocycles. The molecule has 0 spiro atoms. The Kier molecular flexibility index (Phi) is 8.01. The van der Waals surface area contributed by atoms with Crippen LogP contribution in [0.2, 0.25) is 5.02 Å².